The Bertz CT molecular complexity index is 896. The molecule has 2 amide bonds. The van der Waals surface area contributed by atoms with Crippen molar-refractivity contribution in [1.82, 2.24) is 19.8 Å². The van der Waals surface area contributed by atoms with Gasteiger partial charge in [0.2, 0.25) is 10.0 Å². The molecule has 0 bridgehead atoms. The zero-order valence-electron chi connectivity index (χ0n) is 15.9. The van der Waals surface area contributed by atoms with Crippen LogP contribution in [0.1, 0.15) is 26.7 Å². The van der Waals surface area contributed by atoms with E-state index >= 15 is 0 Å². The summed E-state index contributed by atoms with van der Waals surface area (Å²) in [5.74, 6) is -1.69. The SMILES string of the molecule is CCCCNS(=O)(=O)c1cccc(NC(=O)C(=O)N[C@@H](C)Cn2cccn2)c1. The molecule has 152 valence electrons. The molecule has 0 aliphatic carbocycles. The molecule has 0 saturated carbocycles. The molecule has 1 aromatic heterocycles. The van der Waals surface area contributed by atoms with Crippen LogP contribution in [0.4, 0.5) is 5.69 Å². The zero-order valence-corrected chi connectivity index (χ0v) is 16.7. The molecule has 2 rings (SSSR count). The highest BCUT2D eigenvalue weighted by Gasteiger charge is 2.18. The van der Waals surface area contributed by atoms with E-state index in [9.17, 15) is 18.0 Å². The second-order valence-corrected chi connectivity index (χ2v) is 8.10. The van der Waals surface area contributed by atoms with Crippen LogP contribution in [0.2, 0.25) is 0 Å². The normalized spacial score (nSPS) is 12.4. The van der Waals surface area contributed by atoms with Crippen LogP contribution >= 0.6 is 0 Å². The summed E-state index contributed by atoms with van der Waals surface area (Å²) in [5.41, 5.74) is 0.221. The average molecular weight is 407 g/mol. The molecular formula is C18H25N5O4S. The summed E-state index contributed by atoms with van der Waals surface area (Å²) in [7, 11) is -3.67. The van der Waals surface area contributed by atoms with Gasteiger partial charge in [-0.1, -0.05) is 19.4 Å². The Kier molecular flexibility index (Phi) is 7.70. The summed E-state index contributed by atoms with van der Waals surface area (Å²) in [6, 6.07) is 7.21. The molecule has 10 heteroatoms. The molecule has 1 atom stereocenters. The summed E-state index contributed by atoms with van der Waals surface area (Å²) in [5, 5.41) is 9.03. The topological polar surface area (TPSA) is 122 Å². The fourth-order valence-electron chi connectivity index (χ4n) is 2.42. The number of rotatable bonds is 9. The Labute approximate surface area is 164 Å². The minimum atomic E-state index is -3.67. The molecule has 2 aromatic rings. The standard InChI is InChI=1S/C18H25N5O4S/c1-3-4-10-20-28(26,27)16-8-5-7-15(12-16)22-18(25)17(24)21-14(2)13-23-11-6-9-19-23/h5-9,11-12,14,20H,3-4,10,13H2,1-2H3,(H,21,24)(H,22,25)/t14-/m0/s1. The molecule has 0 aliphatic heterocycles. The van der Waals surface area contributed by atoms with E-state index in [1.54, 1.807) is 30.1 Å². The summed E-state index contributed by atoms with van der Waals surface area (Å²) in [6.45, 7) is 4.47. The lowest BCUT2D eigenvalue weighted by molar-refractivity contribution is -0.136. The van der Waals surface area contributed by atoms with E-state index in [1.807, 2.05) is 6.92 Å². The van der Waals surface area contributed by atoms with Gasteiger partial charge in [-0.2, -0.15) is 5.10 Å². The molecule has 1 aromatic carbocycles. The maximum Gasteiger partial charge on any atom is 0.313 e. The monoisotopic (exact) mass is 407 g/mol. The van der Waals surface area contributed by atoms with Gasteiger partial charge in [0, 0.05) is 30.7 Å². The largest absolute Gasteiger partial charge is 0.344 e. The second-order valence-electron chi connectivity index (χ2n) is 6.34. The summed E-state index contributed by atoms with van der Waals surface area (Å²) in [6.07, 6.45) is 4.97. The van der Waals surface area contributed by atoms with Crippen LogP contribution < -0.4 is 15.4 Å². The highest BCUT2D eigenvalue weighted by atomic mass is 32.2. The van der Waals surface area contributed by atoms with E-state index < -0.39 is 21.8 Å². The Morgan fingerprint density at radius 1 is 1.21 bits per heavy atom. The van der Waals surface area contributed by atoms with Crippen LogP contribution in [0.5, 0.6) is 0 Å². The van der Waals surface area contributed by atoms with Crippen LogP contribution in [-0.4, -0.2) is 42.6 Å². The van der Waals surface area contributed by atoms with Crippen LogP contribution in [0, 0.1) is 0 Å². The summed E-state index contributed by atoms with van der Waals surface area (Å²) >= 11 is 0. The number of carbonyl (C=O) groups excluding carboxylic acids is 2. The number of benzene rings is 1. The van der Waals surface area contributed by atoms with Gasteiger partial charge in [-0.25, -0.2) is 13.1 Å². The fraction of sp³-hybridized carbons (Fsp3) is 0.389. The van der Waals surface area contributed by atoms with E-state index in [1.165, 1.54) is 24.3 Å². The van der Waals surface area contributed by atoms with E-state index in [0.29, 0.717) is 13.1 Å². The van der Waals surface area contributed by atoms with Crippen molar-refractivity contribution >= 4 is 27.5 Å². The molecule has 0 spiro atoms. The Balaban J connectivity index is 1.95. The number of unbranched alkanes of at least 4 members (excludes halogenated alkanes) is 1. The Morgan fingerprint density at radius 2 is 2.00 bits per heavy atom. The molecule has 0 unspecified atom stereocenters. The third-order valence-electron chi connectivity index (χ3n) is 3.83. The first kappa shape index (κ1) is 21.6. The number of nitrogens with one attached hydrogen (secondary N) is 3. The maximum absolute atomic E-state index is 12.3. The van der Waals surface area contributed by atoms with Crippen molar-refractivity contribution in [1.29, 1.82) is 0 Å². The third kappa shape index (κ3) is 6.46. The number of carbonyl (C=O) groups is 2. The van der Waals surface area contributed by atoms with Gasteiger partial charge >= 0.3 is 11.8 Å². The van der Waals surface area contributed by atoms with Gasteiger partial charge in [0.25, 0.3) is 0 Å². The van der Waals surface area contributed by atoms with Crippen LogP contribution in [0.3, 0.4) is 0 Å². The first-order valence-electron chi connectivity index (χ1n) is 9.01. The minimum absolute atomic E-state index is 0.0221. The number of nitrogens with zero attached hydrogens (tertiary/aromatic N) is 2. The predicted octanol–water partition coefficient (Wildman–Crippen LogP) is 1.10. The number of hydrogen-bond acceptors (Lipinski definition) is 5. The van der Waals surface area contributed by atoms with E-state index in [-0.39, 0.29) is 16.6 Å². The van der Waals surface area contributed by atoms with Crippen molar-refractivity contribution in [3.8, 4) is 0 Å². The minimum Gasteiger partial charge on any atom is -0.344 e. The Hall–Kier alpha value is -2.72. The smallest absolute Gasteiger partial charge is 0.313 e. The summed E-state index contributed by atoms with van der Waals surface area (Å²) in [4.78, 5) is 24.2. The number of sulfonamides is 1. The molecular weight excluding hydrogens is 382 g/mol. The van der Waals surface area contributed by atoms with Crippen LogP contribution in [-0.2, 0) is 26.2 Å². The summed E-state index contributed by atoms with van der Waals surface area (Å²) < 4.78 is 28.7. The second kappa shape index (κ2) is 10.00. The molecule has 0 saturated heterocycles. The van der Waals surface area contributed by atoms with Crippen molar-refractivity contribution in [2.24, 2.45) is 0 Å². The lowest BCUT2D eigenvalue weighted by Gasteiger charge is -2.14. The zero-order chi connectivity index (χ0) is 20.6. The lowest BCUT2D eigenvalue weighted by atomic mass is 10.3. The number of amides is 2. The number of aromatic nitrogens is 2. The van der Waals surface area contributed by atoms with Crippen molar-refractivity contribution in [2.75, 3.05) is 11.9 Å². The third-order valence-corrected chi connectivity index (χ3v) is 5.29. The quantitative estimate of drug-likeness (QED) is 0.424. The van der Waals surface area contributed by atoms with E-state index in [0.717, 1.165) is 12.8 Å². The van der Waals surface area contributed by atoms with Crippen molar-refractivity contribution < 1.29 is 18.0 Å². The molecule has 1 heterocycles. The predicted molar refractivity (Wildman–Crippen MR) is 105 cm³/mol. The van der Waals surface area contributed by atoms with Gasteiger partial charge in [0.15, 0.2) is 0 Å². The number of anilines is 1. The molecule has 3 N–H and O–H groups in total. The number of hydrogen-bond donors (Lipinski definition) is 3. The molecule has 28 heavy (non-hydrogen) atoms. The van der Waals surface area contributed by atoms with Gasteiger partial charge in [0.1, 0.15) is 0 Å². The first-order valence-corrected chi connectivity index (χ1v) is 10.5. The van der Waals surface area contributed by atoms with Crippen molar-refractivity contribution in [2.45, 2.75) is 44.2 Å². The molecule has 0 fully saturated rings. The van der Waals surface area contributed by atoms with E-state index in [4.69, 9.17) is 0 Å². The molecule has 0 aliphatic rings. The highest BCUT2D eigenvalue weighted by Crippen LogP contribution is 2.15. The lowest BCUT2D eigenvalue weighted by Crippen LogP contribution is -2.42. The van der Waals surface area contributed by atoms with Gasteiger partial charge in [-0.3, -0.25) is 14.3 Å². The molecule has 9 nitrogen and oxygen atoms in total. The van der Waals surface area contributed by atoms with Gasteiger partial charge < -0.3 is 10.6 Å². The fourth-order valence-corrected chi connectivity index (χ4v) is 3.54. The van der Waals surface area contributed by atoms with Crippen LogP contribution in [0.15, 0.2) is 47.6 Å². The van der Waals surface area contributed by atoms with Crippen molar-refractivity contribution in [3.63, 3.8) is 0 Å². The highest BCUT2D eigenvalue weighted by molar-refractivity contribution is 7.89. The Morgan fingerprint density at radius 3 is 2.68 bits per heavy atom. The van der Waals surface area contributed by atoms with Crippen molar-refractivity contribution in [3.05, 3.63) is 42.7 Å². The van der Waals surface area contributed by atoms with Gasteiger partial charge in [-0.05, 0) is 37.6 Å². The first-order chi connectivity index (χ1) is 13.3. The van der Waals surface area contributed by atoms with E-state index in [2.05, 4.69) is 20.5 Å². The van der Waals surface area contributed by atoms with Crippen LogP contribution in [0.25, 0.3) is 0 Å². The molecule has 0 radical (unpaired) electrons. The maximum atomic E-state index is 12.3. The van der Waals surface area contributed by atoms with Gasteiger partial charge in [-0.15, -0.1) is 0 Å². The average Bonchev–Trinajstić information content (AvgIpc) is 3.14. The van der Waals surface area contributed by atoms with Gasteiger partial charge in [0.05, 0.1) is 11.4 Å².